The lowest BCUT2D eigenvalue weighted by atomic mass is 10.0. The van der Waals surface area contributed by atoms with Crippen LogP contribution in [0.3, 0.4) is 0 Å². The summed E-state index contributed by atoms with van der Waals surface area (Å²) >= 11 is 0. The molecule has 0 aliphatic carbocycles. The Kier molecular flexibility index (Phi) is 3.09. The summed E-state index contributed by atoms with van der Waals surface area (Å²) in [7, 11) is 0. The number of aromatic nitrogens is 3. The molecule has 0 bridgehead atoms. The predicted octanol–water partition coefficient (Wildman–Crippen LogP) is -1.89. The molecule has 8 nitrogen and oxygen atoms in total. The van der Waals surface area contributed by atoms with Gasteiger partial charge in [0.15, 0.2) is 0 Å². The van der Waals surface area contributed by atoms with Crippen LogP contribution in [-0.2, 0) is 4.74 Å². The van der Waals surface area contributed by atoms with E-state index in [2.05, 4.69) is 9.97 Å². The molecule has 1 fully saturated rings. The molecule has 1 aliphatic heterocycles. The summed E-state index contributed by atoms with van der Waals surface area (Å²) in [4.78, 5) is 18.8. The Morgan fingerprint density at radius 1 is 1.65 bits per heavy atom. The van der Waals surface area contributed by atoms with Gasteiger partial charge in [-0.1, -0.05) is 6.92 Å². The van der Waals surface area contributed by atoms with Crippen LogP contribution < -0.4 is 11.4 Å². The quantitative estimate of drug-likeness (QED) is 0.553. The predicted molar refractivity (Wildman–Crippen MR) is 56.9 cm³/mol. The maximum atomic E-state index is 11.6. The van der Waals surface area contributed by atoms with Gasteiger partial charge in [-0.3, -0.25) is 4.57 Å². The van der Waals surface area contributed by atoms with Crippen LogP contribution in [0.2, 0.25) is 0 Å². The minimum atomic E-state index is -0.838. The zero-order valence-corrected chi connectivity index (χ0v) is 9.22. The number of hydrogen-bond donors (Lipinski definition) is 3. The van der Waals surface area contributed by atoms with Gasteiger partial charge in [0.25, 0.3) is 0 Å². The van der Waals surface area contributed by atoms with Gasteiger partial charge in [-0.15, -0.1) is 0 Å². The van der Waals surface area contributed by atoms with Gasteiger partial charge in [-0.25, -0.2) is 9.78 Å². The smallest absolute Gasteiger partial charge is 0.354 e. The molecule has 4 atom stereocenters. The van der Waals surface area contributed by atoms with Crippen molar-refractivity contribution in [2.45, 2.75) is 25.4 Å². The Bertz CT molecular complexity index is 463. The number of aliphatic hydroxyl groups is 2. The molecular weight excluding hydrogens is 228 g/mol. The van der Waals surface area contributed by atoms with Crippen molar-refractivity contribution in [3.8, 4) is 0 Å². The van der Waals surface area contributed by atoms with E-state index >= 15 is 0 Å². The normalized spacial score (nSPS) is 32.9. The molecule has 0 spiro atoms. The summed E-state index contributed by atoms with van der Waals surface area (Å²) in [6.45, 7) is 1.40. The van der Waals surface area contributed by atoms with E-state index in [-0.39, 0.29) is 18.5 Å². The molecule has 2 rings (SSSR count). The van der Waals surface area contributed by atoms with Crippen LogP contribution in [0.1, 0.15) is 13.2 Å². The average Bonchev–Trinajstić information content (AvgIpc) is 2.57. The summed E-state index contributed by atoms with van der Waals surface area (Å²) in [5.41, 5.74) is 4.68. The van der Waals surface area contributed by atoms with E-state index in [4.69, 9.17) is 15.6 Å². The van der Waals surface area contributed by atoms with E-state index in [1.165, 1.54) is 6.33 Å². The van der Waals surface area contributed by atoms with Crippen molar-refractivity contribution in [3.05, 3.63) is 16.8 Å². The highest BCUT2D eigenvalue weighted by Gasteiger charge is 2.41. The largest absolute Gasteiger partial charge is 0.394 e. The molecule has 1 aliphatic rings. The molecule has 1 aromatic heterocycles. The van der Waals surface area contributed by atoms with Crippen molar-refractivity contribution in [2.24, 2.45) is 5.92 Å². The first-order chi connectivity index (χ1) is 8.04. The third-order valence-corrected chi connectivity index (χ3v) is 2.88. The molecule has 1 aromatic rings. The van der Waals surface area contributed by atoms with Gasteiger partial charge < -0.3 is 20.7 Å². The van der Waals surface area contributed by atoms with E-state index in [1.54, 1.807) is 6.92 Å². The summed E-state index contributed by atoms with van der Waals surface area (Å²) in [5.74, 6) is -0.465. The van der Waals surface area contributed by atoms with Crippen LogP contribution >= 0.6 is 0 Å². The number of aliphatic hydroxyl groups excluding tert-OH is 2. The van der Waals surface area contributed by atoms with Gasteiger partial charge in [-0.2, -0.15) is 4.98 Å². The fourth-order valence-corrected chi connectivity index (χ4v) is 1.89. The third kappa shape index (κ3) is 2.02. The van der Waals surface area contributed by atoms with E-state index < -0.39 is 24.1 Å². The Balaban J connectivity index is 2.32. The highest BCUT2D eigenvalue weighted by Crippen LogP contribution is 2.33. The average molecular weight is 242 g/mol. The van der Waals surface area contributed by atoms with Crippen molar-refractivity contribution in [1.82, 2.24) is 14.5 Å². The molecule has 94 valence electrons. The number of hydrogen-bond acceptors (Lipinski definition) is 7. The summed E-state index contributed by atoms with van der Waals surface area (Å²) in [5, 5.41) is 18.8. The number of rotatable bonds is 2. The number of ether oxygens (including phenoxy) is 1. The Morgan fingerprint density at radius 2 is 2.35 bits per heavy atom. The Labute approximate surface area is 96.7 Å². The maximum absolute atomic E-state index is 11.6. The third-order valence-electron chi connectivity index (χ3n) is 2.88. The summed E-state index contributed by atoms with van der Waals surface area (Å²) in [6.07, 6.45) is -1.03. The lowest BCUT2D eigenvalue weighted by molar-refractivity contribution is -0.0480. The Morgan fingerprint density at radius 3 is 2.88 bits per heavy atom. The molecule has 17 heavy (non-hydrogen) atoms. The van der Waals surface area contributed by atoms with E-state index in [9.17, 15) is 9.90 Å². The summed E-state index contributed by atoms with van der Waals surface area (Å²) in [6, 6.07) is 0. The van der Waals surface area contributed by atoms with Crippen LogP contribution in [-0.4, -0.2) is 43.6 Å². The van der Waals surface area contributed by atoms with Crippen LogP contribution in [0.4, 0.5) is 5.95 Å². The number of anilines is 1. The zero-order chi connectivity index (χ0) is 12.6. The second kappa shape index (κ2) is 4.40. The number of nitrogen functional groups attached to an aromatic ring is 1. The first-order valence-corrected chi connectivity index (χ1v) is 5.19. The molecule has 1 unspecified atom stereocenters. The number of nitrogens with zero attached hydrogens (tertiary/aromatic N) is 3. The fraction of sp³-hybridized carbons (Fsp3) is 0.667. The highest BCUT2D eigenvalue weighted by molar-refractivity contribution is 5.10. The van der Waals surface area contributed by atoms with Crippen LogP contribution in [0.5, 0.6) is 0 Å². The number of nitrogens with two attached hydrogens (primary N) is 1. The first kappa shape index (κ1) is 12.0. The lowest BCUT2D eigenvalue weighted by Gasteiger charge is -2.17. The molecule has 0 saturated carbocycles. The summed E-state index contributed by atoms with van der Waals surface area (Å²) < 4.78 is 6.54. The van der Waals surface area contributed by atoms with Gasteiger partial charge in [-0.05, 0) is 0 Å². The molecule has 0 amide bonds. The van der Waals surface area contributed by atoms with Crippen molar-refractivity contribution in [1.29, 1.82) is 0 Å². The van der Waals surface area contributed by atoms with E-state index in [0.717, 1.165) is 4.57 Å². The van der Waals surface area contributed by atoms with E-state index in [0.29, 0.717) is 0 Å². The molecule has 0 aromatic carbocycles. The standard InChI is InChI=1S/C9H14N4O4/c1-4-6(15)5(2-14)17-7(4)13-3-11-8(10)12-9(13)16/h3-7,14-15H,2H2,1H3,(H2,10,12,16)/t4-,5-,6?,7-/m1/s1. The second-order valence-corrected chi connectivity index (χ2v) is 4.00. The van der Waals surface area contributed by atoms with Crippen molar-refractivity contribution in [2.75, 3.05) is 12.3 Å². The van der Waals surface area contributed by atoms with Gasteiger partial charge in [0, 0.05) is 5.92 Å². The van der Waals surface area contributed by atoms with Crippen molar-refractivity contribution >= 4 is 5.95 Å². The lowest BCUT2D eigenvalue weighted by Crippen LogP contribution is -2.31. The molecule has 4 N–H and O–H groups in total. The van der Waals surface area contributed by atoms with Gasteiger partial charge in [0.2, 0.25) is 5.95 Å². The minimum Gasteiger partial charge on any atom is -0.394 e. The first-order valence-electron chi connectivity index (χ1n) is 5.19. The van der Waals surface area contributed by atoms with Gasteiger partial charge >= 0.3 is 5.69 Å². The zero-order valence-electron chi connectivity index (χ0n) is 9.22. The van der Waals surface area contributed by atoms with Crippen molar-refractivity contribution in [3.63, 3.8) is 0 Å². The fourth-order valence-electron chi connectivity index (χ4n) is 1.89. The molecule has 0 radical (unpaired) electrons. The minimum absolute atomic E-state index is 0.115. The topological polar surface area (TPSA) is 123 Å². The van der Waals surface area contributed by atoms with Crippen LogP contribution in [0.15, 0.2) is 11.1 Å². The van der Waals surface area contributed by atoms with Gasteiger partial charge in [0.05, 0.1) is 12.7 Å². The van der Waals surface area contributed by atoms with Gasteiger partial charge in [0.1, 0.15) is 18.7 Å². The highest BCUT2D eigenvalue weighted by atomic mass is 16.5. The van der Waals surface area contributed by atoms with Crippen molar-refractivity contribution < 1.29 is 14.9 Å². The second-order valence-electron chi connectivity index (χ2n) is 4.00. The maximum Gasteiger partial charge on any atom is 0.354 e. The molecule has 1 saturated heterocycles. The van der Waals surface area contributed by atoms with Crippen LogP contribution in [0.25, 0.3) is 0 Å². The van der Waals surface area contributed by atoms with Crippen LogP contribution in [0, 0.1) is 5.92 Å². The SMILES string of the molecule is C[C@@H]1C(O)[C@@H](CO)O[C@H]1n1cnc(N)nc1=O. The molecule has 8 heteroatoms. The molecular formula is C9H14N4O4. The monoisotopic (exact) mass is 242 g/mol. The van der Waals surface area contributed by atoms with E-state index in [1.807, 2.05) is 0 Å². The molecule has 2 heterocycles. The Hall–Kier alpha value is -1.51.